The van der Waals surface area contributed by atoms with Crippen molar-refractivity contribution < 1.29 is 5.11 Å². The Morgan fingerprint density at radius 2 is 2.16 bits per heavy atom. The van der Waals surface area contributed by atoms with Crippen molar-refractivity contribution >= 4 is 5.82 Å². The molecule has 1 aliphatic rings. The molecule has 0 saturated carbocycles. The van der Waals surface area contributed by atoms with Crippen LogP contribution in [0, 0.1) is 5.92 Å². The molecule has 1 N–H and O–H groups in total. The van der Waals surface area contributed by atoms with Gasteiger partial charge in [0, 0.05) is 32.0 Å². The molecule has 1 aromatic rings. The Kier molecular flexibility index (Phi) is 4.58. The van der Waals surface area contributed by atoms with Crippen molar-refractivity contribution in [2.24, 2.45) is 5.92 Å². The van der Waals surface area contributed by atoms with Gasteiger partial charge < -0.3 is 14.6 Å². The first kappa shape index (κ1) is 14.1. The summed E-state index contributed by atoms with van der Waals surface area (Å²) in [7, 11) is 0. The van der Waals surface area contributed by atoms with E-state index in [0.717, 1.165) is 38.9 Å². The molecule has 1 unspecified atom stereocenters. The van der Waals surface area contributed by atoms with Gasteiger partial charge in [-0.1, -0.05) is 6.92 Å². The van der Waals surface area contributed by atoms with Crippen molar-refractivity contribution in [3.63, 3.8) is 0 Å². The van der Waals surface area contributed by atoms with Crippen LogP contribution in [0.2, 0.25) is 0 Å². The van der Waals surface area contributed by atoms with Gasteiger partial charge in [0.15, 0.2) is 5.82 Å². The number of piperidine rings is 1. The molecule has 0 bridgehead atoms. The maximum absolute atomic E-state index is 12.3. The minimum Gasteiger partial charge on any atom is -0.393 e. The van der Waals surface area contributed by atoms with Gasteiger partial charge in [-0.3, -0.25) is 4.79 Å². The van der Waals surface area contributed by atoms with Gasteiger partial charge in [0.05, 0.1) is 6.10 Å². The number of hydrogen-bond donors (Lipinski definition) is 1. The van der Waals surface area contributed by atoms with Gasteiger partial charge >= 0.3 is 0 Å². The van der Waals surface area contributed by atoms with Crippen molar-refractivity contribution in [2.75, 3.05) is 18.0 Å². The van der Waals surface area contributed by atoms with Crippen LogP contribution < -0.4 is 10.5 Å². The topological polar surface area (TPSA) is 58.4 Å². The van der Waals surface area contributed by atoms with Crippen LogP contribution >= 0.6 is 0 Å². The molecule has 0 spiro atoms. The molecule has 1 fully saturated rings. The van der Waals surface area contributed by atoms with Gasteiger partial charge in [-0.15, -0.1) is 0 Å². The number of nitrogens with zero attached hydrogens (tertiary/aromatic N) is 3. The third-order valence-electron chi connectivity index (χ3n) is 3.88. The lowest BCUT2D eigenvalue weighted by Gasteiger charge is -2.33. The van der Waals surface area contributed by atoms with Crippen LogP contribution in [-0.4, -0.2) is 33.9 Å². The van der Waals surface area contributed by atoms with E-state index in [1.54, 1.807) is 17.0 Å². The van der Waals surface area contributed by atoms with E-state index >= 15 is 0 Å². The van der Waals surface area contributed by atoms with Gasteiger partial charge in [-0.05, 0) is 32.1 Å². The molecule has 0 aliphatic carbocycles. The van der Waals surface area contributed by atoms with E-state index < -0.39 is 0 Å². The Balaban J connectivity index is 2.11. The number of aryl methyl sites for hydroxylation is 1. The van der Waals surface area contributed by atoms with Gasteiger partial charge in [0.25, 0.3) is 5.56 Å². The van der Waals surface area contributed by atoms with Gasteiger partial charge in [0.1, 0.15) is 0 Å². The molecule has 2 heterocycles. The monoisotopic (exact) mass is 265 g/mol. The summed E-state index contributed by atoms with van der Waals surface area (Å²) in [6.07, 6.45) is 5.96. The fourth-order valence-corrected chi connectivity index (χ4v) is 2.66. The van der Waals surface area contributed by atoms with Crippen molar-refractivity contribution in [2.45, 2.75) is 45.8 Å². The zero-order chi connectivity index (χ0) is 13.8. The van der Waals surface area contributed by atoms with Crippen LogP contribution in [0.25, 0.3) is 0 Å². The predicted molar refractivity (Wildman–Crippen MR) is 75.4 cm³/mol. The number of anilines is 1. The minimum absolute atomic E-state index is 0.000142. The Labute approximate surface area is 113 Å². The molecular weight excluding hydrogens is 242 g/mol. The van der Waals surface area contributed by atoms with Crippen molar-refractivity contribution in [1.29, 1.82) is 0 Å². The van der Waals surface area contributed by atoms with Crippen LogP contribution in [0.1, 0.15) is 33.1 Å². The lowest BCUT2D eigenvalue weighted by molar-refractivity contribution is 0.109. The van der Waals surface area contributed by atoms with Gasteiger partial charge in [-0.2, -0.15) is 0 Å². The molecule has 1 aliphatic heterocycles. The van der Waals surface area contributed by atoms with Gasteiger partial charge in [0.2, 0.25) is 0 Å². The average Bonchev–Trinajstić information content (AvgIpc) is 2.41. The predicted octanol–water partition coefficient (Wildman–Crippen LogP) is 1.25. The first-order valence-corrected chi connectivity index (χ1v) is 7.12. The van der Waals surface area contributed by atoms with Crippen LogP contribution in [0.5, 0.6) is 0 Å². The molecular formula is C14H23N3O2. The van der Waals surface area contributed by atoms with E-state index in [4.69, 9.17) is 0 Å². The molecule has 5 nitrogen and oxygen atoms in total. The molecule has 1 atom stereocenters. The van der Waals surface area contributed by atoms with Crippen molar-refractivity contribution in [3.8, 4) is 0 Å². The highest BCUT2D eigenvalue weighted by Crippen LogP contribution is 2.22. The number of aliphatic hydroxyl groups excluding tert-OH is 1. The molecule has 0 aromatic carbocycles. The van der Waals surface area contributed by atoms with Gasteiger partial charge in [-0.25, -0.2) is 4.98 Å². The average molecular weight is 265 g/mol. The van der Waals surface area contributed by atoms with E-state index in [0.29, 0.717) is 11.7 Å². The third kappa shape index (κ3) is 3.15. The summed E-state index contributed by atoms with van der Waals surface area (Å²) in [5.74, 6) is 0.901. The van der Waals surface area contributed by atoms with Crippen LogP contribution in [0.4, 0.5) is 5.82 Å². The Hall–Kier alpha value is -1.36. The van der Waals surface area contributed by atoms with E-state index in [9.17, 15) is 9.90 Å². The normalized spacial score (nSPS) is 18.6. The zero-order valence-electron chi connectivity index (χ0n) is 11.7. The van der Waals surface area contributed by atoms with Crippen LogP contribution in [0.3, 0.4) is 0 Å². The number of aromatic nitrogens is 2. The number of hydrogen-bond acceptors (Lipinski definition) is 4. The summed E-state index contributed by atoms with van der Waals surface area (Å²) >= 11 is 0. The fourth-order valence-electron chi connectivity index (χ4n) is 2.66. The Bertz CT molecular complexity index is 462. The number of aliphatic hydroxyl groups is 1. The zero-order valence-corrected chi connectivity index (χ0v) is 11.7. The maximum Gasteiger partial charge on any atom is 0.293 e. The molecule has 106 valence electrons. The smallest absolute Gasteiger partial charge is 0.293 e. The third-order valence-corrected chi connectivity index (χ3v) is 3.88. The van der Waals surface area contributed by atoms with Crippen molar-refractivity contribution in [1.82, 2.24) is 9.55 Å². The summed E-state index contributed by atoms with van der Waals surface area (Å²) in [4.78, 5) is 18.6. The first-order chi connectivity index (χ1) is 9.13. The quantitative estimate of drug-likeness (QED) is 0.890. The summed E-state index contributed by atoms with van der Waals surface area (Å²) in [6.45, 7) is 6.23. The van der Waals surface area contributed by atoms with E-state index in [1.807, 2.05) is 11.8 Å². The molecule has 0 amide bonds. The lowest BCUT2D eigenvalue weighted by Crippen LogP contribution is -2.41. The highest BCUT2D eigenvalue weighted by Gasteiger charge is 2.24. The summed E-state index contributed by atoms with van der Waals surface area (Å²) < 4.78 is 1.73. The first-order valence-electron chi connectivity index (χ1n) is 7.12. The second-order valence-electron chi connectivity index (χ2n) is 5.31. The van der Waals surface area contributed by atoms with Crippen LogP contribution in [0.15, 0.2) is 17.2 Å². The molecule has 1 aromatic heterocycles. The molecule has 19 heavy (non-hydrogen) atoms. The second kappa shape index (κ2) is 6.19. The standard InChI is InChI=1S/C14H23N3O2/c1-3-7-17-10-6-15-13(14(17)19)16-8-4-12(5-9-16)11(2)18/h6,10-12,18H,3-5,7-9H2,1-2H3. The summed E-state index contributed by atoms with van der Waals surface area (Å²) in [5.41, 5.74) is -0.000142. The Morgan fingerprint density at radius 1 is 1.47 bits per heavy atom. The van der Waals surface area contributed by atoms with E-state index in [-0.39, 0.29) is 11.7 Å². The second-order valence-corrected chi connectivity index (χ2v) is 5.31. The molecule has 1 saturated heterocycles. The van der Waals surface area contributed by atoms with Crippen LogP contribution in [-0.2, 0) is 6.54 Å². The fraction of sp³-hybridized carbons (Fsp3) is 0.714. The SMILES string of the molecule is CCCn1ccnc(N2CCC(C(C)O)CC2)c1=O. The summed E-state index contributed by atoms with van der Waals surface area (Å²) in [5, 5.41) is 9.60. The van der Waals surface area contributed by atoms with Crippen molar-refractivity contribution in [3.05, 3.63) is 22.7 Å². The maximum atomic E-state index is 12.3. The lowest BCUT2D eigenvalue weighted by atomic mass is 9.92. The summed E-state index contributed by atoms with van der Waals surface area (Å²) in [6, 6.07) is 0. The highest BCUT2D eigenvalue weighted by molar-refractivity contribution is 5.36. The molecule has 2 rings (SSSR count). The highest BCUT2D eigenvalue weighted by atomic mass is 16.3. The number of rotatable bonds is 4. The Morgan fingerprint density at radius 3 is 2.74 bits per heavy atom. The largest absolute Gasteiger partial charge is 0.393 e. The molecule has 5 heteroatoms. The molecule has 0 radical (unpaired) electrons. The van der Waals surface area contributed by atoms with E-state index in [1.165, 1.54) is 0 Å². The van der Waals surface area contributed by atoms with E-state index in [2.05, 4.69) is 11.9 Å². The minimum atomic E-state index is -0.261.